The van der Waals surface area contributed by atoms with Crippen LogP contribution in [0.1, 0.15) is 83.4 Å². The van der Waals surface area contributed by atoms with Crippen molar-refractivity contribution in [3.8, 4) is 0 Å². The maximum atomic E-state index is 12.4. The molecule has 0 unspecified atom stereocenters. The Kier molecular flexibility index (Phi) is 7.40. The normalized spacial score (nSPS) is 45.1. The molecule has 4 N–H and O–H groups in total. The van der Waals surface area contributed by atoms with Crippen LogP contribution in [0.2, 0.25) is 0 Å². The predicted octanol–water partition coefficient (Wildman–Crippen LogP) is 4.58. The van der Waals surface area contributed by atoms with Gasteiger partial charge in [-0.25, -0.2) is 5.43 Å². The van der Waals surface area contributed by atoms with Crippen LogP contribution in [0.3, 0.4) is 0 Å². The van der Waals surface area contributed by atoms with Crippen LogP contribution in [-0.2, 0) is 4.79 Å². The number of aliphatic hydroxyl groups is 3. The molecule has 200 valence electrons. The average molecular weight is 517 g/mol. The van der Waals surface area contributed by atoms with Gasteiger partial charge in [0, 0.05) is 11.3 Å². The first-order chi connectivity index (χ1) is 17.1. The van der Waals surface area contributed by atoms with E-state index in [9.17, 15) is 20.1 Å². The van der Waals surface area contributed by atoms with Gasteiger partial charge in [0.1, 0.15) is 0 Å². The Hall–Kier alpha value is -1.28. The molecule has 4 aliphatic carbocycles. The van der Waals surface area contributed by atoms with Crippen LogP contribution < -0.4 is 5.43 Å². The lowest BCUT2D eigenvalue weighted by atomic mass is 9.43. The Bertz CT molecular complexity index is 953. The van der Waals surface area contributed by atoms with E-state index in [4.69, 9.17) is 0 Å². The fraction of sp³-hybridized carbons (Fsp3) is 0.793. The number of carbonyl (C=O) groups excluding carboxylic acids is 1. The second-order valence-electron chi connectivity index (χ2n) is 12.9. The van der Waals surface area contributed by atoms with E-state index in [1.165, 1.54) is 0 Å². The minimum Gasteiger partial charge on any atom is -0.393 e. The quantitative estimate of drug-likeness (QED) is 0.328. The van der Waals surface area contributed by atoms with Crippen LogP contribution in [0.15, 0.2) is 22.6 Å². The summed E-state index contributed by atoms with van der Waals surface area (Å²) in [6, 6.07) is 3.92. The Morgan fingerprint density at radius 1 is 1.19 bits per heavy atom. The summed E-state index contributed by atoms with van der Waals surface area (Å²) in [7, 11) is 0. The molecule has 4 saturated carbocycles. The minimum atomic E-state index is -0.391. The van der Waals surface area contributed by atoms with Gasteiger partial charge >= 0.3 is 0 Å². The molecule has 36 heavy (non-hydrogen) atoms. The zero-order chi connectivity index (χ0) is 25.7. The van der Waals surface area contributed by atoms with Gasteiger partial charge in [-0.1, -0.05) is 26.8 Å². The Morgan fingerprint density at radius 3 is 2.75 bits per heavy atom. The number of hydrazone groups is 1. The van der Waals surface area contributed by atoms with Crippen molar-refractivity contribution in [3.63, 3.8) is 0 Å². The lowest BCUT2D eigenvalue weighted by Gasteiger charge is -2.63. The second-order valence-corrected chi connectivity index (χ2v) is 13.8. The largest absolute Gasteiger partial charge is 0.393 e. The molecule has 0 radical (unpaired) electrons. The molecule has 7 heteroatoms. The van der Waals surface area contributed by atoms with Crippen molar-refractivity contribution in [1.29, 1.82) is 0 Å². The standard InChI is InChI=1S/C29H44N2O4S/c1-17(6-9-26(35)31-30-16-20-5-4-12-36-20)21-7-8-22-27-23(15-25(34)29(21,22)3)28(2)11-10-19(32)13-18(28)14-24(27)33/h4-5,12,16-19,21-25,27,32-34H,6-11,13-15H2,1-3H3,(H,31,35)/b30-16+/t17-,18+,19-,21-,22+,23+,24-,25+,27+,28+,29-/m1/s1. The number of amides is 1. The number of fused-ring (bicyclic) bond motifs is 5. The first-order valence-corrected chi connectivity index (χ1v) is 14.9. The van der Waals surface area contributed by atoms with E-state index in [-0.39, 0.29) is 34.9 Å². The summed E-state index contributed by atoms with van der Waals surface area (Å²) in [4.78, 5) is 13.4. The molecular formula is C29H44N2O4S. The lowest BCUT2D eigenvalue weighted by molar-refractivity contribution is -0.207. The molecule has 6 nitrogen and oxygen atoms in total. The molecule has 0 spiro atoms. The number of thiophene rings is 1. The average Bonchev–Trinajstić information content (AvgIpc) is 3.48. The molecule has 0 saturated heterocycles. The molecule has 1 aromatic heterocycles. The first-order valence-electron chi connectivity index (χ1n) is 14.0. The van der Waals surface area contributed by atoms with Gasteiger partial charge in [-0.2, -0.15) is 5.10 Å². The fourth-order valence-corrected chi connectivity index (χ4v) is 9.87. The summed E-state index contributed by atoms with van der Waals surface area (Å²) in [5.41, 5.74) is 2.52. The fourth-order valence-electron chi connectivity index (χ4n) is 9.28. The van der Waals surface area contributed by atoms with E-state index in [1.807, 2.05) is 17.5 Å². The van der Waals surface area contributed by atoms with Crippen molar-refractivity contribution >= 4 is 23.5 Å². The van der Waals surface area contributed by atoms with E-state index in [0.717, 1.165) is 56.2 Å². The molecule has 0 aromatic carbocycles. The third kappa shape index (κ3) is 4.48. The van der Waals surface area contributed by atoms with Gasteiger partial charge in [-0.15, -0.1) is 11.3 Å². The van der Waals surface area contributed by atoms with Crippen molar-refractivity contribution in [2.45, 2.75) is 96.9 Å². The Morgan fingerprint density at radius 2 is 2.00 bits per heavy atom. The highest BCUT2D eigenvalue weighted by atomic mass is 32.1. The number of hydrogen-bond donors (Lipinski definition) is 4. The number of hydrogen-bond acceptors (Lipinski definition) is 6. The molecule has 11 atom stereocenters. The van der Waals surface area contributed by atoms with Gasteiger partial charge in [0.25, 0.3) is 0 Å². The van der Waals surface area contributed by atoms with E-state index in [1.54, 1.807) is 17.6 Å². The van der Waals surface area contributed by atoms with Crippen molar-refractivity contribution in [2.75, 3.05) is 0 Å². The van der Waals surface area contributed by atoms with Gasteiger partial charge in [0.05, 0.1) is 24.5 Å². The van der Waals surface area contributed by atoms with Gasteiger partial charge in [0.15, 0.2) is 0 Å². The molecule has 1 amide bonds. The minimum absolute atomic E-state index is 0.0697. The summed E-state index contributed by atoms with van der Waals surface area (Å²) in [6.45, 7) is 6.87. The van der Waals surface area contributed by atoms with Crippen LogP contribution >= 0.6 is 11.3 Å². The molecule has 0 aliphatic heterocycles. The third-order valence-corrected chi connectivity index (χ3v) is 12.1. The Balaban J connectivity index is 1.25. The van der Waals surface area contributed by atoms with E-state index < -0.39 is 6.10 Å². The summed E-state index contributed by atoms with van der Waals surface area (Å²) in [6.07, 6.45) is 8.12. The predicted molar refractivity (Wildman–Crippen MR) is 142 cm³/mol. The van der Waals surface area contributed by atoms with Gasteiger partial charge < -0.3 is 15.3 Å². The van der Waals surface area contributed by atoms with Crippen molar-refractivity contribution in [3.05, 3.63) is 22.4 Å². The van der Waals surface area contributed by atoms with Gasteiger partial charge in [-0.3, -0.25) is 4.79 Å². The van der Waals surface area contributed by atoms with E-state index in [0.29, 0.717) is 36.0 Å². The van der Waals surface area contributed by atoms with E-state index in [2.05, 4.69) is 31.3 Å². The van der Waals surface area contributed by atoms with Crippen molar-refractivity contribution in [1.82, 2.24) is 5.43 Å². The smallest absolute Gasteiger partial charge is 0.240 e. The zero-order valence-corrected chi connectivity index (χ0v) is 22.8. The Labute approximate surface area is 219 Å². The highest BCUT2D eigenvalue weighted by Crippen LogP contribution is 2.68. The molecule has 0 bridgehead atoms. The molecule has 4 aliphatic rings. The molecule has 5 rings (SSSR count). The lowest BCUT2D eigenvalue weighted by Crippen LogP contribution is -2.62. The molecule has 1 aromatic rings. The zero-order valence-electron chi connectivity index (χ0n) is 22.0. The SMILES string of the molecule is C[C@H](CCC(=O)N/N=C/c1cccs1)[C@H]1CC[C@H]2[C@@H]3[C@H](O)C[C@@H]4C[C@H](O)CC[C@]4(C)[C@H]3C[C@H](O)[C@]12C. The van der Waals surface area contributed by atoms with E-state index >= 15 is 0 Å². The van der Waals surface area contributed by atoms with Gasteiger partial charge in [0.2, 0.25) is 5.91 Å². The summed E-state index contributed by atoms with van der Waals surface area (Å²) < 4.78 is 0. The van der Waals surface area contributed by atoms with Crippen LogP contribution in [0, 0.1) is 46.3 Å². The highest BCUT2D eigenvalue weighted by molar-refractivity contribution is 7.11. The number of rotatable bonds is 6. The summed E-state index contributed by atoms with van der Waals surface area (Å²) in [5.74, 6) is 1.77. The van der Waals surface area contributed by atoms with Crippen LogP contribution in [0.4, 0.5) is 0 Å². The maximum Gasteiger partial charge on any atom is 0.240 e. The van der Waals surface area contributed by atoms with Crippen LogP contribution in [0.5, 0.6) is 0 Å². The summed E-state index contributed by atoms with van der Waals surface area (Å²) >= 11 is 1.58. The number of nitrogens with one attached hydrogen (secondary N) is 1. The number of aliphatic hydroxyl groups excluding tert-OH is 3. The molecule has 1 heterocycles. The molecular weight excluding hydrogens is 472 g/mol. The summed E-state index contributed by atoms with van der Waals surface area (Å²) in [5, 5.41) is 39.5. The van der Waals surface area contributed by atoms with Gasteiger partial charge in [-0.05, 0) is 109 Å². The third-order valence-electron chi connectivity index (χ3n) is 11.3. The number of nitrogens with zero attached hydrogens (tertiary/aromatic N) is 1. The van der Waals surface area contributed by atoms with Crippen molar-refractivity contribution < 1.29 is 20.1 Å². The first kappa shape index (κ1) is 26.3. The number of carbonyl (C=O) groups is 1. The monoisotopic (exact) mass is 516 g/mol. The van der Waals surface area contributed by atoms with Crippen LogP contribution in [0.25, 0.3) is 0 Å². The topological polar surface area (TPSA) is 102 Å². The molecule has 4 fully saturated rings. The van der Waals surface area contributed by atoms with Crippen molar-refractivity contribution in [2.24, 2.45) is 51.4 Å². The highest BCUT2D eigenvalue weighted by Gasteiger charge is 2.65. The van der Waals surface area contributed by atoms with Crippen LogP contribution in [-0.4, -0.2) is 45.8 Å². The maximum absolute atomic E-state index is 12.4. The second kappa shape index (κ2) is 10.1.